The molecule has 0 fully saturated rings. The van der Waals surface area contributed by atoms with Crippen molar-refractivity contribution < 1.29 is 9.53 Å². The lowest BCUT2D eigenvalue weighted by molar-refractivity contribution is 0.0988. The highest BCUT2D eigenvalue weighted by molar-refractivity contribution is 6.05. The van der Waals surface area contributed by atoms with Gasteiger partial charge in [-0.2, -0.15) is 15.1 Å². The monoisotopic (exact) mass is 543 g/mol. The van der Waals surface area contributed by atoms with E-state index in [4.69, 9.17) is 4.74 Å². The Hall–Kier alpha value is -5.27. The number of amidine groups is 1. The molecule has 3 aromatic heterocycles. The summed E-state index contributed by atoms with van der Waals surface area (Å²) in [7, 11) is 7.16. The Bertz CT molecular complexity index is 1660. The first kappa shape index (κ1) is 26.3. The fourth-order valence-corrected chi connectivity index (χ4v) is 4.31. The van der Waals surface area contributed by atoms with Gasteiger partial charge in [0.1, 0.15) is 24.6 Å². The number of carbonyl (C=O) groups is 1. The number of nitrogens with one attached hydrogen (secondary N) is 2. The minimum Gasteiger partial charge on any atom is -0.494 e. The molecule has 4 aromatic rings. The molecule has 0 bridgehead atoms. The highest BCUT2D eigenvalue weighted by Crippen LogP contribution is 2.35. The number of aromatic nitrogens is 6. The quantitative estimate of drug-likeness (QED) is 0.300. The van der Waals surface area contributed by atoms with Crippen LogP contribution in [0.2, 0.25) is 0 Å². The highest BCUT2D eigenvalue weighted by atomic mass is 16.5. The van der Waals surface area contributed by atoms with Gasteiger partial charge < -0.3 is 20.3 Å². The summed E-state index contributed by atoms with van der Waals surface area (Å²) in [6, 6.07) is 8.99. The van der Waals surface area contributed by atoms with Crippen molar-refractivity contribution in [2.45, 2.75) is 13.3 Å². The molecule has 206 valence electrons. The summed E-state index contributed by atoms with van der Waals surface area (Å²) in [6.07, 6.45) is 4.82. The maximum absolute atomic E-state index is 12.8. The van der Waals surface area contributed by atoms with Crippen molar-refractivity contribution >= 4 is 34.6 Å². The molecule has 1 aliphatic rings. The van der Waals surface area contributed by atoms with Gasteiger partial charge in [-0.15, -0.1) is 5.10 Å². The van der Waals surface area contributed by atoms with Crippen molar-refractivity contribution in [3.63, 3.8) is 0 Å². The second kappa shape index (κ2) is 10.8. The zero-order chi connectivity index (χ0) is 28.4. The number of Topliss-reactive ketones (excluding diaryl/α,β-unsaturated/α-hetero) is 1. The van der Waals surface area contributed by atoms with Crippen LogP contribution in [0.15, 0.2) is 58.9 Å². The fourth-order valence-electron chi connectivity index (χ4n) is 4.31. The number of carbonyl (C=O) groups excluding carboxylic acids is 1. The third kappa shape index (κ3) is 5.18. The van der Waals surface area contributed by atoms with Gasteiger partial charge in [-0.05, 0) is 18.2 Å². The normalized spacial score (nSPS) is 12.9. The molecule has 0 spiro atoms. The average Bonchev–Trinajstić information content (AvgIpc) is 3.52. The van der Waals surface area contributed by atoms with Crippen LogP contribution in [-0.4, -0.2) is 78.7 Å². The first-order chi connectivity index (χ1) is 19.3. The SMILES string of the molecule is CCC(=O)c1cnc(Nc2ccn(-c3ncn(C)n3)c(=O)n2)cc1Nc1cccc(C2=NN(C)CN2C)c1OC. The number of benzene rings is 1. The molecule has 0 radical (unpaired) electrons. The second-order valence-electron chi connectivity index (χ2n) is 9.13. The standard InChI is InChI=1S/C26H29N11O3/c1-6-20(38)17-13-27-22(30-21-10-11-37(26(39)31-21)25-28-14-35(3)33-25)12-19(17)29-18-9-7-8-16(23(18)40-5)24-32-36(4)15-34(24)2/h7-14H,6,15H2,1-5H3,(H2,27,29,30,31,39). The second-order valence-corrected chi connectivity index (χ2v) is 9.13. The summed E-state index contributed by atoms with van der Waals surface area (Å²) in [5, 5.41) is 17.0. The van der Waals surface area contributed by atoms with Gasteiger partial charge in [0.05, 0.1) is 29.6 Å². The summed E-state index contributed by atoms with van der Waals surface area (Å²) in [4.78, 5) is 40.0. The number of ketones is 1. The van der Waals surface area contributed by atoms with Crippen molar-refractivity contribution in [3.8, 4) is 11.7 Å². The van der Waals surface area contributed by atoms with E-state index in [2.05, 4.69) is 35.8 Å². The first-order valence-corrected chi connectivity index (χ1v) is 12.5. The third-order valence-electron chi connectivity index (χ3n) is 6.16. The van der Waals surface area contributed by atoms with Crippen LogP contribution >= 0.6 is 0 Å². The molecular formula is C26H29N11O3. The number of pyridine rings is 1. The van der Waals surface area contributed by atoms with Crippen molar-refractivity contribution in [1.29, 1.82) is 0 Å². The Morgan fingerprint density at radius 2 is 1.90 bits per heavy atom. The van der Waals surface area contributed by atoms with Crippen molar-refractivity contribution in [1.82, 2.24) is 39.2 Å². The Kier molecular flexibility index (Phi) is 7.14. The van der Waals surface area contributed by atoms with Crippen LogP contribution in [0.5, 0.6) is 5.75 Å². The highest BCUT2D eigenvalue weighted by Gasteiger charge is 2.24. The number of hydrogen-bond donors (Lipinski definition) is 2. The molecule has 0 aliphatic carbocycles. The minimum atomic E-state index is -0.556. The summed E-state index contributed by atoms with van der Waals surface area (Å²) < 4.78 is 8.52. The number of hydrogen-bond acceptors (Lipinski definition) is 12. The number of methoxy groups -OCH3 is 1. The Labute approximate surface area is 229 Å². The van der Waals surface area contributed by atoms with Crippen molar-refractivity contribution in [2.24, 2.45) is 12.1 Å². The molecule has 0 saturated heterocycles. The fraction of sp³-hybridized carbons (Fsp3) is 0.269. The van der Waals surface area contributed by atoms with E-state index in [1.807, 2.05) is 42.2 Å². The van der Waals surface area contributed by atoms with E-state index >= 15 is 0 Å². The van der Waals surface area contributed by atoms with Gasteiger partial charge in [0.2, 0.25) is 0 Å². The van der Waals surface area contributed by atoms with Crippen LogP contribution in [0.1, 0.15) is 29.3 Å². The molecule has 0 saturated carbocycles. The number of nitrogens with zero attached hydrogens (tertiary/aromatic N) is 9. The molecule has 1 aliphatic heterocycles. The lowest BCUT2D eigenvalue weighted by atomic mass is 10.1. The van der Waals surface area contributed by atoms with Crippen LogP contribution < -0.4 is 21.1 Å². The zero-order valence-electron chi connectivity index (χ0n) is 22.8. The Morgan fingerprint density at radius 1 is 1.07 bits per heavy atom. The predicted octanol–water partition coefficient (Wildman–Crippen LogP) is 2.34. The van der Waals surface area contributed by atoms with E-state index in [0.29, 0.717) is 41.6 Å². The van der Waals surface area contributed by atoms with E-state index < -0.39 is 5.69 Å². The van der Waals surface area contributed by atoms with Gasteiger partial charge >= 0.3 is 5.69 Å². The molecule has 1 aromatic carbocycles. The van der Waals surface area contributed by atoms with Gasteiger partial charge in [0.15, 0.2) is 17.4 Å². The van der Waals surface area contributed by atoms with Gasteiger partial charge in [-0.1, -0.05) is 13.0 Å². The molecule has 5 rings (SSSR count). The van der Waals surface area contributed by atoms with E-state index in [1.54, 1.807) is 33.2 Å². The third-order valence-corrected chi connectivity index (χ3v) is 6.16. The molecule has 40 heavy (non-hydrogen) atoms. The van der Waals surface area contributed by atoms with Crippen LogP contribution in [0.4, 0.5) is 23.0 Å². The topological polar surface area (TPSA) is 148 Å². The molecule has 0 amide bonds. The number of para-hydroxylation sites is 1. The molecule has 0 atom stereocenters. The zero-order valence-corrected chi connectivity index (χ0v) is 22.8. The van der Waals surface area contributed by atoms with Gasteiger partial charge in [-0.3, -0.25) is 14.5 Å². The number of rotatable bonds is 9. The number of anilines is 4. The number of aryl methyl sites for hydroxylation is 1. The van der Waals surface area contributed by atoms with Gasteiger partial charge in [-0.25, -0.2) is 14.3 Å². The lowest BCUT2D eigenvalue weighted by Crippen LogP contribution is -2.26. The number of hydrazone groups is 1. The molecule has 0 unspecified atom stereocenters. The molecule has 4 heterocycles. The van der Waals surface area contributed by atoms with Gasteiger partial charge in [0.25, 0.3) is 5.95 Å². The molecule has 14 heteroatoms. The van der Waals surface area contributed by atoms with Crippen LogP contribution in [-0.2, 0) is 7.05 Å². The van der Waals surface area contributed by atoms with E-state index in [0.717, 1.165) is 11.4 Å². The smallest absolute Gasteiger partial charge is 0.356 e. The maximum atomic E-state index is 12.8. The minimum absolute atomic E-state index is 0.0817. The largest absolute Gasteiger partial charge is 0.494 e. The van der Waals surface area contributed by atoms with Gasteiger partial charge in [0, 0.05) is 46.0 Å². The van der Waals surface area contributed by atoms with E-state index in [-0.39, 0.29) is 17.5 Å². The van der Waals surface area contributed by atoms with E-state index in [1.165, 1.54) is 28.0 Å². The summed E-state index contributed by atoms with van der Waals surface area (Å²) in [5.41, 5.74) is 1.84. The Balaban J connectivity index is 1.48. The maximum Gasteiger partial charge on any atom is 0.356 e. The predicted molar refractivity (Wildman–Crippen MR) is 150 cm³/mol. The summed E-state index contributed by atoms with van der Waals surface area (Å²) in [5.74, 6) is 2.14. The van der Waals surface area contributed by atoms with Crippen LogP contribution in [0, 0.1) is 0 Å². The van der Waals surface area contributed by atoms with Crippen LogP contribution in [0.3, 0.4) is 0 Å². The molecule has 2 N–H and O–H groups in total. The molecular weight excluding hydrogens is 514 g/mol. The lowest BCUT2D eigenvalue weighted by Gasteiger charge is -2.19. The van der Waals surface area contributed by atoms with E-state index in [9.17, 15) is 9.59 Å². The summed E-state index contributed by atoms with van der Waals surface area (Å²) in [6.45, 7) is 2.45. The first-order valence-electron chi connectivity index (χ1n) is 12.5. The number of ether oxygens (including phenoxy) is 1. The summed E-state index contributed by atoms with van der Waals surface area (Å²) >= 11 is 0. The van der Waals surface area contributed by atoms with Crippen LogP contribution in [0.25, 0.3) is 5.95 Å². The Morgan fingerprint density at radius 3 is 2.55 bits per heavy atom. The molecule has 14 nitrogen and oxygen atoms in total. The average molecular weight is 544 g/mol. The van der Waals surface area contributed by atoms with Crippen molar-refractivity contribution in [3.05, 3.63) is 70.7 Å². The van der Waals surface area contributed by atoms with Crippen molar-refractivity contribution in [2.75, 3.05) is 38.5 Å².